The number of hydrogen-bond donors (Lipinski definition) is 2. The molecule has 0 aliphatic rings. The second-order valence-corrected chi connectivity index (χ2v) is 5.35. The summed E-state index contributed by atoms with van der Waals surface area (Å²) in [4.78, 5) is 0. The van der Waals surface area contributed by atoms with E-state index >= 15 is 0 Å². The zero-order chi connectivity index (χ0) is 11.8. The van der Waals surface area contributed by atoms with Crippen LogP contribution in [0.1, 0.15) is 18.1 Å². The molecule has 2 aromatic rings. The van der Waals surface area contributed by atoms with Gasteiger partial charge in [0.15, 0.2) is 0 Å². The van der Waals surface area contributed by atoms with Gasteiger partial charge in [-0.1, -0.05) is 12.1 Å². The summed E-state index contributed by atoms with van der Waals surface area (Å²) >= 11 is 4.95. The van der Waals surface area contributed by atoms with Gasteiger partial charge in [0.2, 0.25) is 0 Å². The van der Waals surface area contributed by atoms with E-state index in [1.165, 1.54) is 11.3 Å². The Hall–Kier alpha value is -0.840. The fourth-order valence-electron chi connectivity index (χ4n) is 1.57. The van der Waals surface area contributed by atoms with Crippen molar-refractivity contribution in [2.24, 2.45) is 0 Å². The molecule has 0 aliphatic carbocycles. The summed E-state index contributed by atoms with van der Waals surface area (Å²) < 4.78 is 0.899. The van der Waals surface area contributed by atoms with Gasteiger partial charge >= 0.3 is 0 Å². The lowest BCUT2D eigenvalue weighted by Crippen LogP contribution is -2.22. The molecule has 0 fully saturated rings. The van der Waals surface area contributed by atoms with E-state index in [0.717, 1.165) is 15.6 Å². The minimum Gasteiger partial charge on any atom is -0.508 e. The highest BCUT2D eigenvalue weighted by atomic mass is 79.9. The van der Waals surface area contributed by atoms with Gasteiger partial charge in [-0.2, -0.15) is 11.3 Å². The first kappa shape index (κ1) is 11.6. The van der Waals surface area contributed by atoms with Crippen LogP contribution in [0.5, 0.6) is 5.75 Å². The summed E-state index contributed by atoms with van der Waals surface area (Å²) in [6.45, 7) is 1.74. The van der Waals surface area contributed by atoms with E-state index in [1.54, 1.807) is 31.2 Å². The van der Waals surface area contributed by atoms with Crippen LogP contribution in [0.15, 0.2) is 39.5 Å². The number of phenolic OH excluding ortho intramolecular Hbond substituents is 1. The molecule has 2 N–H and O–H groups in total. The van der Waals surface area contributed by atoms with Crippen LogP contribution in [0.25, 0.3) is 0 Å². The molecule has 16 heavy (non-hydrogen) atoms. The van der Waals surface area contributed by atoms with Crippen LogP contribution >= 0.6 is 27.3 Å². The molecule has 84 valence electrons. The predicted octanol–water partition coefficient (Wildman–Crippen LogP) is 3.47. The molecule has 0 spiro atoms. The third kappa shape index (κ3) is 2.00. The molecule has 0 aliphatic heterocycles. The number of halogens is 1. The van der Waals surface area contributed by atoms with E-state index in [0.29, 0.717) is 0 Å². The topological polar surface area (TPSA) is 40.5 Å². The minimum atomic E-state index is -1.05. The molecule has 0 amide bonds. The molecule has 4 heteroatoms. The Morgan fingerprint density at radius 2 is 1.81 bits per heavy atom. The van der Waals surface area contributed by atoms with Gasteiger partial charge in [0, 0.05) is 15.4 Å². The summed E-state index contributed by atoms with van der Waals surface area (Å²) in [7, 11) is 0. The van der Waals surface area contributed by atoms with Gasteiger partial charge in [0.25, 0.3) is 0 Å². The Bertz CT molecular complexity index is 488. The SMILES string of the molecule is CC(O)(c1ccc(O)cc1)c1cscc1Br. The van der Waals surface area contributed by atoms with Gasteiger partial charge in [0.05, 0.1) is 0 Å². The number of aliphatic hydroxyl groups is 1. The highest BCUT2D eigenvalue weighted by Gasteiger charge is 2.28. The summed E-state index contributed by atoms with van der Waals surface area (Å²) in [5.41, 5.74) is 0.541. The normalized spacial score (nSPS) is 14.7. The Morgan fingerprint density at radius 3 is 2.31 bits per heavy atom. The Labute approximate surface area is 106 Å². The number of hydrogen-bond acceptors (Lipinski definition) is 3. The van der Waals surface area contributed by atoms with E-state index < -0.39 is 5.60 Å². The van der Waals surface area contributed by atoms with Gasteiger partial charge in [-0.25, -0.2) is 0 Å². The van der Waals surface area contributed by atoms with E-state index in [4.69, 9.17) is 0 Å². The number of aromatic hydroxyl groups is 1. The molecule has 0 radical (unpaired) electrons. The lowest BCUT2D eigenvalue weighted by atomic mass is 9.90. The van der Waals surface area contributed by atoms with Crippen LogP contribution in [0.4, 0.5) is 0 Å². The molecule has 0 bridgehead atoms. The van der Waals surface area contributed by atoms with Crippen LogP contribution in [-0.2, 0) is 5.60 Å². The van der Waals surface area contributed by atoms with Gasteiger partial charge < -0.3 is 10.2 Å². The van der Waals surface area contributed by atoms with Gasteiger partial charge in [-0.15, -0.1) is 0 Å². The molecule has 0 saturated heterocycles. The Morgan fingerprint density at radius 1 is 1.19 bits per heavy atom. The monoisotopic (exact) mass is 298 g/mol. The van der Waals surface area contributed by atoms with Crippen LogP contribution in [0.2, 0.25) is 0 Å². The fourth-order valence-corrected chi connectivity index (χ4v) is 3.35. The molecule has 0 saturated carbocycles. The molecule has 2 nitrogen and oxygen atoms in total. The maximum atomic E-state index is 10.5. The molecule has 1 atom stereocenters. The Kier molecular flexibility index (Phi) is 3.06. The fraction of sp³-hybridized carbons (Fsp3) is 0.167. The lowest BCUT2D eigenvalue weighted by molar-refractivity contribution is 0.102. The number of rotatable bonds is 2. The molecule has 1 aromatic heterocycles. The predicted molar refractivity (Wildman–Crippen MR) is 68.8 cm³/mol. The van der Waals surface area contributed by atoms with Crippen molar-refractivity contribution in [1.29, 1.82) is 0 Å². The van der Waals surface area contributed by atoms with Crippen LogP contribution in [0, 0.1) is 0 Å². The summed E-state index contributed by atoms with van der Waals surface area (Å²) in [5.74, 6) is 0.198. The first-order chi connectivity index (χ1) is 7.51. The lowest BCUT2D eigenvalue weighted by Gasteiger charge is -2.23. The Balaban J connectivity index is 2.46. The van der Waals surface area contributed by atoms with Crippen molar-refractivity contribution in [3.63, 3.8) is 0 Å². The number of thiophene rings is 1. The highest BCUT2D eigenvalue weighted by Crippen LogP contribution is 2.36. The van der Waals surface area contributed by atoms with E-state index in [-0.39, 0.29) is 5.75 Å². The maximum absolute atomic E-state index is 10.5. The number of benzene rings is 1. The molecule has 1 aromatic carbocycles. The second kappa shape index (κ2) is 4.20. The standard InChI is InChI=1S/C12H11BrO2S/c1-12(15,10-6-16-7-11(10)13)8-2-4-9(14)5-3-8/h2-7,14-15H,1H3. The van der Waals surface area contributed by atoms with Gasteiger partial charge in [-0.3, -0.25) is 0 Å². The quantitative estimate of drug-likeness (QED) is 0.891. The first-order valence-electron chi connectivity index (χ1n) is 4.76. The van der Waals surface area contributed by atoms with Crippen molar-refractivity contribution in [2.75, 3.05) is 0 Å². The third-order valence-electron chi connectivity index (χ3n) is 2.57. The molecule has 2 rings (SSSR count). The molecular formula is C12H11BrO2S. The van der Waals surface area contributed by atoms with Crippen molar-refractivity contribution >= 4 is 27.3 Å². The average Bonchev–Trinajstić information content (AvgIpc) is 2.66. The zero-order valence-electron chi connectivity index (χ0n) is 8.64. The number of phenols is 1. The smallest absolute Gasteiger partial charge is 0.115 e. The average molecular weight is 299 g/mol. The van der Waals surface area contributed by atoms with Crippen LogP contribution < -0.4 is 0 Å². The highest BCUT2D eigenvalue weighted by molar-refractivity contribution is 9.10. The largest absolute Gasteiger partial charge is 0.508 e. The summed E-state index contributed by atoms with van der Waals surface area (Å²) in [6, 6.07) is 6.59. The van der Waals surface area contributed by atoms with Crippen molar-refractivity contribution < 1.29 is 10.2 Å². The van der Waals surface area contributed by atoms with E-state index in [2.05, 4.69) is 15.9 Å². The molecule has 1 heterocycles. The van der Waals surface area contributed by atoms with E-state index in [1.807, 2.05) is 10.8 Å². The second-order valence-electron chi connectivity index (χ2n) is 3.75. The third-order valence-corrected chi connectivity index (χ3v) is 4.27. The molecular weight excluding hydrogens is 288 g/mol. The van der Waals surface area contributed by atoms with Crippen molar-refractivity contribution in [3.05, 3.63) is 50.6 Å². The minimum absolute atomic E-state index is 0.198. The first-order valence-corrected chi connectivity index (χ1v) is 6.49. The summed E-state index contributed by atoms with van der Waals surface area (Å²) in [6.07, 6.45) is 0. The van der Waals surface area contributed by atoms with Crippen LogP contribution in [0.3, 0.4) is 0 Å². The zero-order valence-corrected chi connectivity index (χ0v) is 11.0. The summed E-state index contributed by atoms with van der Waals surface area (Å²) in [5, 5.41) is 23.6. The molecule has 1 unspecified atom stereocenters. The van der Waals surface area contributed by atoms with Crippen molar-refractivity contribution in [3.8, 4) is 5.75 Å². The van der Waals surface area contributed by atoms with Gasteiger partial charge in [-0.05, 0) is 45.9 Å². The maximum Gasteiger partial charge on any atom is 0.115 e. The van der Waals surface area contributed by atoms with Crippen LogP contribution in [-0.4, -0.2) is 10.2 Å². The van der Waals surface area contributed by atoms with E-state index in [9.17, 15) is 10.2 Å². The van der Waals surface area contributed by atoms with Gasteiger partial charge in [0.1, 0.15) is 11.4 Å². The van der Waals surface area contributed by atoms with Crippen molar-refractivity contribution in [2.45, 2.75) is 12.5 Å². The van der Waals surface area contributed by atoms with Crippen molar-refractivity contribution in [1.82, 2.24) is 0 Å².